The van der Waals surface area contributed by atoms with Gasteiger partial charge in [-0.05, 0) is 349 Å². The SMILES string of the molecule is CCS(=O)(=O)N1CCC(Nc2cc(-c3csc(CN(C)C)c3)cc3ccncc23)CC1.CCS(=O)(=O)N1CCC(Nc2cc(NC(=O)c3ccnc(F)c3)cc3ccncc23)CC1.CN(C)Cc1cccc(-c2cc(NC3CCN(S(C)(=O)=O)CC3)c3cnccc3c2)c1.Cc1cc(-c2cc(NC3CCN(S(=O)(=O)C4CC4)CC3)c3cnccc3c2)sn1.Cc1cc(-c2cc(NC3CCN(S(C)(=O)=O)CC3)c3cnccc3c2)sn1. The summed E-state index contributed by atoms with van der Waals surface area (Å²) >= 11 is 4.80. The van der Waals surface area contributed by atoms with Crippen molar-refractivity contribution in [3.05, 3.63) is 252 Å². The van der Waals surface area contributed by atoms with Crippen molar-refractivity contribution in [3.63, 3.8) is 0 Å². The average Bonchev–Trinajstić information content (AvgIpc) is 1.54. The number of nitrogens with zero attached hydrogens (tertiary/aromatic N) is 15. The number of sulfonamides is 5. The number of aromatic nitrogens is 8. The Kier molecular flexibility index (Phi) is 35.5. The lowest BCUT2D eigenvalue weighted by Crippen LogP contribution is -2.43. The van der Waals surface area contributed by atoms with Gasteiger partial charge in [-0.15, -0.1) is 11.3 Å². The van der Waals surface area contributed by atoms with E-state index in [0.29, 0.717) is 84.0 Å². The molecular weight excluding hydrogens is 2050 g/mol. The summed E-state index contributed by atoms with van der Waals surface area (Å²) in [5.74, 6) is -0.894. The molecule has 6 aromatic carbocycles. The van der Waals surface area contributed by atoms with Crippen molar-refractivity contribution < 1.29 is 51.3 Å². The molecule has 1 amide bonds. The van der Waals surface area contributed by atoms with Crippen LogP contribution in [-0.4, -0.2) is 271 Å². The molecule has 15 aromatic rings. The van der Waals surface area contributed by atoms with Gasteiger partial charge in [0.05, 0.1) is 50.4 Å². The summed E-state index contributed by atoms with van der Waals surface area (Å²) in [5, 5.41) is 33.8. The van der Waals surface area contributed by atoms with E-state index >= 15 is 0 Å². The third kappa shape index (κ3) is 28.3. The molecule has 6 N–H and O–H groups in total. The highest BCUT2D eigenvalue weighted by molar-refractivity contribution is 7.90. The predicted octanol–water partition coefficient (Wildman–Crippen LogP) is 18.8. The number of benzene rings is 6. The number of anilines is 6. The molecule has 5 saturated heterocycles. The molecule has 32 nitrogen and oxygen atoms in total. The monoisotopic (exact) mass is 2180 g/mol. The summed E-state index contributed by atoms with van der Waals surface area (Å²) in [4.78, 5) is 45.5. The minimum absolute atomic E-state index is 0.0851. The Labute approximate surface area is 891 Å². The molecule has 0 radical (unpaired) electrons. The minimum Gasteiger partial charge on any atom is -0.382 e. The maximum Gasteiger partial charge on any atom is 0.255 e. The van der Waals surface area contributed by atoms with Crippen molar-refractivity contribution in [1.82, 2.24) is 70.0 Å². The zero-order valence-corrected chi connectivity index (χ0v) is 92.5. The molecule has 0 atom stereocenters. The number of carbonyl (C=O) groups excluding carboxylic acids is 1. The van der Waals surface area contributed by atoms with E-state index in [1.54, 1.807) is 61.0 Å². The molecule has 1 saturated carbocycles. The van der Waals surface area contributed by atoms with E-state index < -0.39 is 62.0 Å². The molecule has 41 heteroatoms. The molecule has 150 heavy (non-hydrogen) atoms. The Hall–Kier alpha value is -11.7. The van der Waals surface area contributed by atoms with Crippen LogP contribution in [0.3, 0.4) is 0 Å². The van der Waals surface area contributed by atoms with Crippen LogP contribution in [0.5, 0.6) is 0 Å². The molecule has 9 aromatic heterocycles. The van der Waals surface area contributed by atoms with Crippen LogP contribution < -0.4 is 31.9 Å². The summed E-state index contributed by atoms with van der Waals surface area (Å²) < 4.78 is 151. The van der Waals surface area contributed by atoms with E-state index in [1.807, 2.05) is 99.7 Å². The second kappa shape index (κ2) is 48.5. The summed E-state index contributed by atoms with van der Waals surface area (Å²) in [7, 11) is -7.27. The zero-order chi connectivity index (χ0) is 106. The maximum atomic E-state index is 13.4. The number of nitrogens with one attached hydrogen (secondary N) is 6. The second-order valence-corrected chi connectivity index (χ2v) is 53.0. The molecule has 0 unspecified atom stereocenters. The summed E-state index contributed by atoms with van der Waals surface area (Å²) in [5.41, 5.74) is 16.1. The first kappa shape index (κ1) is 110. The van der Waals surface area contributed by atoms with Crippen molar-refractivity contribution in [1.29, 1.82) is 0 Å². The molecule has 21 rings (SSSR count). The first-order valence-electron chi connectivity index (χ1n) is 50.7. The molecule has 0 bridgehead atoms. The number of thiophene rings is 1. The van der Waals surface area contributed by atoms with Crippen molar-refractivity contribution in [2.24, 2.45) is 0 Å². The number of rotatable bonds is 28. The van der Waals surface area contributed by atoms with Crippen LogP contribution in [0.1, 0.15) is 123 Å². The molecule has 5 aliphatic heterocycles. The van der Waals surface area contributed by atoms with Gasteiger partial charge in [0.1, 0.15) is 0 Å². The second-order valence-electron chi connectivity index (χ2n) is 39.7. The first-order chi connectivity index (χ1) is 71.9. The molecule has 14 heterocycles. The summed E-state index contributed by atoms with van der Waals surface area (Å²) in [6.45, 7) is 14.7. The van der Waals surface area contributed by atoms with Gasteiger partial charge in [0, 0.05) is 254 Å². The maximum absolute atomic E-state index is 13.4. The average molecular weight is 2190 g/mol. The first-order valence-corrected chi connectivity index (χ1v) is 61.6. The predicted molar refractivity (Wildman–Crippen MR) is 608 cm³/mol. The molecule has 1 aliphatic carbocycles. The lowest BCUT2D eigenvalue weighted by atomic mass is 9.98. The quantitative estimate of drug-likeness (QED) is 0.0248. The number of carbonyl (C=O) groups is 1. The van der Waals surface area contributed by atoms with Crippen LogP contribution in [0.25, 0.3) is 97.0 Å². The fourth-order valence-electron chi connectivity index (χ4n) is 19.7. The van der Waals surface area contributed by atoms with E-state index in [4.69, 9.17) is 0 Å². The van der Waals surface area contributed by atoms with E-state index in [2.05, 4.69) is 205 Å². The van der Waals surface area contributed by atoms with Crippen molar-refractivity contribution in [3.8, 4) is 43.1 Å². The van der Waals surface area contributed by atoms with Gasteiger partial charge >= 0.3 is 0 Å². The molecule has 0 spiro atoms. The zero-order valence-electron chi connectivity index (χ0n) is 86.0. The van der Waals surface area contributed by atoms with Gasteiger partial charge in [-0.1, -0.05) is 18.2 Å². The lowest BCUT2D eigenvalue weighted by molar-refractivity contribution is 0.102. The van der Waals surface area contributed by atoms with Crippen LogP contribution in [-0.2, 0) is 63.2 Å². The van der Waals surface area contributed by atoms with E-state index in [0.717, 1.165) is 203 Å². The number of piperidine rings is 5. The van der Waals surface area contributed by atoms with Gasteiger partial charge in [-0.3, -0.25) is 29.7 Å². The van der Waals surface area contributed by atoms with E-state index in [-0.39, 0.29) is 52.5 Å². The third-order valence-corrected chi connectivity index (χ3v) is 39.4. The largest absolute Gasteiger partial charge is 0.382 e. The van der Waals surface area contributed by atoms with Crippen molar-refractivity contribution in [2.45, 2.75) is 153 Å². The number of hydrogen-bond donors (Lipinski definition) is 6. The highest BCUT2D eigenvalue weighted by Crippen LogP contribution is 2.42. The van der Waals surface area contributed by atoms with E-state index in [1.165, 1.54) is 79.3 Å². The lowest BCUT2D eigenvalue weighted by Gasteiger charge is -2.32. The number of aryl methyl sites for hydroxylation is 2. The van der Waals surface area contributed by atoms with Crippen molar-refractivity contribution >= 4 is 178 Å². The fourth-order valence-corrected chi connectivity index (χ4v) is 28.1. The Morgan fingerprint density at radius 1 is 0.387 bits per heavy atom. The van der Waals surface area contributed by atoms with Gasteiger partial charge in [-0.2, -0.15) is 13.1 Å². The third-order valence-electron chi connectivity index (χ3n) is 27.9. The molecule has 6 fully saturated rings. The Balaban J connectivity index is 0.000000128. The van der Waals surface area contributed by atoms with Gasteiger partial charge in [-0.25, -0.2) is 68.6 Å². The standard InChI is InChI=1S/C24H30N4O2S.C23H30N4O2S2.C22H24FN5O3S.C21H24N4O2S2.C19H22N4O2S2/c1-27(2)17-18-5-4-6-19(13-18)21-14-20-7-10-25-16-23(20)24(15-21)26-22-8-11-28(12-9-22)31(3,29)30;1-4-31(28,29)27-9-6-20(7-10-27)25-23-13-18(11-17-5-8-24-14-22(17)23)19-12-21(30-16-19)15-26(2)3;1-2-32(30,31)28-9-5-17(6-10-28)26-20-13-18(11-15-3-7-24-14-19(15)20)27-22(29)16-4-8-25-21(23)12-16;1-14-10-21(28-24-14)16-11-15-4-7-22-13-19(15)20(12-16)23-17-5-8-25(9-6-17)29(26,27)18-2-3-18;1-13-9-19(26-22-13)15-10-14-3-6-20-12-17(14)18(11-15)21-16-4-7-23(8-5-16)27(2,24)25/h4-7,10,13-16,22,26H,8-9,11-12,17H2,1-3H3;5,8,11-14,16,20,25H,4,6-7,9-10,15H2,1-3H3;3-4,7-8,11-14,17,26H,2,5-6,9-10H2,1H3,(H,27,29);4,7,10-13,17-18,23H,2-3,5-6,8-9H2,1H3;3,6,9-12,16,21H,4-5,7-8H2,1-2H3. The molecular formula is C109H130FN21O11S8. The fraction of sp³-hybridized carbons (Fsp3) is 0.385. The van der Waals surface area contributed by atoms with Crippen LogP contribution >= 0.6 is 34.4 Å². The van der Waals surface area contributed by atoms with Gasteiger partial charge in [0.15, 0.2) is 0 Å². The normalized spacial score (nSPS) is 16.7. The number of halogens is 1. The molecule has 792 valence electrons. The number of fused-ring (bicyclic) bond motifs is 5. The van der Waals surface area contributed by atoms with E-state index in [9.17, 15) is 51.3 Å². The van der Waals surface area contributed by atoms with Crippen LogP contribution in [0.15, 0.2) is 219 Å². The van der Waals surface area contributed by atoms with Crippen molar-refractivity contribution in [2.75, 3.05) is 150 Å². The topological polar surface area (TPSA) is 386 Å². The Bertz CT molecular complexity index is 7920. The number of amides is 1. The summed E-state index contributed by atoms with van der Waals surface area (Å²) in [6.07, 6.45) is 31.5. The smallest absolute Gasteiger partial charge is 0.255 e. The summed E-state index contributed by atoms with van der Waals surface area (Å²) in [6, 6.07) is 49.9. The van der Waals surface area contributed by atoms with Crippen LogP contribution in [0.4, 0.5) is 38.5 Å². The Morgan fingerprint density at radius 2 is 0.747 bits per heavy atom. The van der Waals surface area contributed by atoms with Gasteiger partial charge in [0.2, 0.25) is 56.1 Å². The Morgan fingerprint density at radius 3 is 1.11 bits per heavy atom. The van der Waals surface area contributed by atoms with Crippen LogP contribution in [0, 0.1) is 19.8 Å². The minimum atomic E-state index is -3.18. The molecule has 6 aliphatic rings. The van der Waals surface area contributed by atoms with Gasteiger partial charge in [0.25, 0.3) is 5.91 Å². The van der Waals surface area contributed by atoms with Gasteiger partial charge < -0.3 is 41.7 Å². The highest BCUT2D eigenvalue weighted by atomic mass is 32.2. The number of hydrogen-bond acceptors (Lipinski definition) is 29. The number of pyridine rings is 6. The highest BCUT2D eigenvalue weighted by Gasteiger charge is 2.42. The van der Waals surface area contributed by atoms with Crippen LogP contribution in [0.2, 0.25) is 0 Å².